The third kappa shape index (κ3) is 2.96. The summed E-state index contributed by atoms with van der Waals surface area (Å²) in [6.07, 6.45) is 14.1. The van der Waals surface area contributed by atoms with Crippen molar-refractivity contribution in [1.82, 2.24) is 0 Å². The molecule has 0 aromatic carbocycles. The van der Waals surface area contributed by atoms with Crippen LogP contribution in [0.25, 0.3) is 0 Å². The van der Waals surface area contributed by atoms with Crippen molar-refractivity contribution < 1.29 is 20.4 Å². The van der Waals surface area contributed by atoms with Gasteiger partial charge in [0.05, 0.1) is 18.8 Å². The van der Waals surface area contributed by atoms with Gasteiger partial charge in [0.15, 0.2) is 0 Å². The van der Waals surface area contributed by atoms with Gasteiger partial charge in [-0.2, -0.15) is 0 Å². The van der Waals surface area contributed by atoms with Gasteiger partial charge in [0.2, 0.25) is 0 Å². The highest BCUT2D eigenvalue weighted by molar-refractivity contribution is 5.41. The number of rotatable bonds is 2. The molecular weight excluding hydrogens is 412 g/mol. The largest absolute Gasteiger partial charge is 0.396 e. The van der Waals surface area contributed by atoms with Crippen LogP contribution in [0, 0.1) is 44.3 Å². The van der Waals surface area contributed by atoms with Gasteiger partial charge >= 0.3 is 0 Å². The molecule has 10 atom stereocenters. The minimum Gasteiger partial charge on any atom is -0.396 e. The van der Waals surface area contributed by atoms with E-state index in [1.165, 1.54) is 24.8 Å². The highest BCUT2D eigenvalue weighted by Gasteiger charge is 2.68. The molecule has 0 saturated heterocycles. The third-order valence-corrected chi connectivity index (χ3v) is 12.3. The van der Waals surface area contributed by atoms with Crippen LogP contribution in [-0.2, 0) is 0 Å². The first-order chi connectivity index (χ1) is 15.3. The van der Waals surface area contributed by atoms with Crippen molar-refractivity contribution in [1.29, 1.82) is 0 Å². The van der Waals surface area contributed by atoms with E-state index in [0.717, 1.165) is 25.7 Å². The van der Waals surface area contributed by atoms with Crippen molar-refractivity contribution in [3.8, 4) is 0 Å². The molecule has 33 heavy (non-hydrogen) atoms. The Morgan fingerprint density at radius 2 is 1.61 bits per heavy atom. The Morgan fingerprint density at radius 3 is 2.24 bits per heavy atom. The number of hydrogen-bond acceptors (Lipinski definition) is 4. The standard InChI is InChI=1S/C29H46O4/c1-24(17-30)10-12-29(16-24)13-11-27(4)19(14-29)6-7-22-25(2)15-20(32)23(33)26(3,18-31)21(25)8-9-28(22,27)5/h6-7,14,20-23,30-33H,8-13,15-18H2,1-5H3. The van der Waals surface area contributed by atoms with Crippen LogP contribution in [0.4, 0.5) is 0 Å². The first-order valence-corrected chi connectivity index (χ1v) is 13.3. The zero-order valence-corrected chi connectivity index (χ0v) is 21.4. The lowest BCUT2D eigenvalue weighted by molar-refractivity contribution is -0.230. The summed E-state index contributed by atoms with van der Waals surface area (Å²) >= 11 is 0. The Kier molecular flexibility index (Phi) is 5.23. The van der Waals surface area contributed by atoms with Gasteiger partial charge in [-0.1, -0.05) is 52.8 Å². The van der Waals surface area contributed by atoms with Crippen molar-refractivity contribution in [2.75, 3.05) is 13.2 Å². The van der Waals surface area contributed by atoms with Crippen LogP contribution in [0.1, 0.15) is 86.0 Å². The quantitative estimate of drug-likeness (QED) is 0.487. The molecule has 5 aliphatic carbocycles. The van der Waals surface area contributed by atoms with Gasteiger partial charge in [0.1, 0.15) is 0 Å². The van der Waals surface area contributed by atoms with Gasteiger partial charge in [0, 0.05) is 12.0 Å². The van der Waals surface area contributed by atoms with Gasteiger partial charge in [-0.3, -0.25) is 0 Å². The molecule has 1 spiro atoms. The zero-order valence-electron chi connectivity index (χ0n) is 21.4. The summed E-state index contributed by atoms with van der Waals surface area (Å²) in [5.74, 6) is 0.486. The molecular formula is C29H46O4. The van der Waals surface area contributed by atoms with E-state index < -0.39 is 17.6 Å². The highest BCUT2D eigenvalue weighted by Crippen LogP contribution is 2.73. The average molecular weight is 459 g/mol. The SMILES string of the molecule is CC1(CO)CCC2(C=C3C=CC4C5(C)CC(O)C(O)C(C)(CO)C5CCC4(C)C3(C)CC2)C1. The molecule has 4 N–H and O–H groups in total. The topological polar surface area (TPSA) is 80.9 Å². The Hall–Kier alpha value is -0.680. The molecule has 4 nitrogen and oxygen atoms in total. The van der Waals surface area contributed by atoms with E-state index in [1.807, 2.05) is 6.92 Å². The van der Waals surface area contributed by atoms with E-state index in [4.69, 9.17) is 0 Å². The van der Waals surface area contributed by atoms with Crippen molar-refractivity contribution in [2.45, 2.75) is 98.2 Å². The zero-order chi connectivity index (χ0) is 24.1. The summed E-state index contributed by atoms with van der Waals surface area (Å²) in [7, 11) is 0. The molecule has 10 unspecified atom stereocenters. The van der Waals surface area contributed by atoms with E-state index in [2.05, 4.69) is 45.9 Å². The fourth-order valence-electron chi connectivity index (χ4n) is 9.99. The second-order valence-electron chi connectivity index (χ2n) is 14.2. The molecule has 4 heteroatoms. The second kappa shape index (κ2) is 7.18. The normalized spacial score (nSPS) is 57.9. The van der Waals surface area contributed by atoms with Crippen LogP contribution in [0.5, 0.6) is 0 Å². The summed E-state index contributed by atoms with van der Waals surface area (Å²) in [5, 5.41) is 42.1. The lowest BCUT2D eigenvalue weighted by Gasteiger charge is -2.69. The summed E-state index contributed by atoms with van der Waals surface area (Å²) in [6.45, 7) is 11.7. The van der Waals surface area contributed by atoms with E-state index in [-0.39, 0.29) is 46.2 Å². The Labute approximate surface area is 200 Å². The Balaban J connectivity index is 1.56. The molecule has 5 aliphatic rings. The lowest BCUT2D eigenvalue weighted by atomic mass is 9.36. The Morgan fingerprint density at radius 1 is 0.909 bits per heavy atom. The molecule has 3 saturated carbocycles. The number of hydrogen-bond donors (Lipinski definition) is 4. The third-order valence-electron chi connectivity index (χ3n) is 12.3. The molecule has 0 aliphatic heterocycles. The molecule has 186 valence electrons. The second-order valence-corrected chi connectivity index (χ2v) is 14.2. The molecule has 0 aromatic heterocycles. The van der Waals surface area contributed by atoms with Gasteiger partial charge in [-0.05, 0) is 95.9 Å². The number of fused-ring (bicyclic) bond motifs is 5. The molecule has 3 fully saturated rings. The smallest absolute Gasteiger partial charge is 0.0877 e. The molecule has 0 radical (unpaired) electrons. The van der Waals surface area contributed by atoms with Crippen molar-refractivity contribution in [3.05, 3.63) is 23.8 Å². The minimum absolute atomic E-state index is 0.0506. The summed E-state index contributed by atoms with van der Waals surface area (Å²) < 4.78 is 0. The molecule has 5 rings (SSSR count). The van der Waals surface area contributed by atoms with Crippen LogP contribution >= 0.6 is 0 Å². The van der Waals surface area contributed by atoms with Crippen LogP contribution in [0.15, 0.2) is 23.8 Å². The molecule has 0 amide bonds. The number of aliphatic hydroxyl groups is 4. The lowest BCUT2D eigenvalue weighted by Crippen LogP contribution is -2.66. The highest BCUT2D eigenvalue weighted by atomic mass is 16.3. The van der Waals surface area contributed by atoms with Crippen LogP contribution in [-0.4, -0.2) is 45.8 Å². The predicted molar refractivity (Wildman–Crippen MR) is 130 cm³/mol. The first-order valence-electron chi connectivity index (χ1n) is 13.3. The van der Waals surface area contributed by atoms with Crippen molar-refractivity contribution >= 4 is 0 Å². The van der Waals surface area contributed by atoms with Crippen molar-refractivity contribution in [3.63, 3.8) is 0 Å². The monoisotopic (exact) mass is 458 g/mol. The fourth-order valence-corrected chi connectivity index (χ4v) is 9.99. The summed E-state index contributed by atoms with van der Waals surface area (Å²) in [4.78, 5) is 0. The number of aliphatic hydroxyl groups excluding tert-OH is 4. The maximum absolute atomic E-state index is 10.9. The predicted octanol–water partition coefficient (Wildman–Crippen LogP) is 4.61. The maximum Gasteiger partial charge on any atom is 0.0877 e. The minimum atomic E-state index is -0.874. The Bertz CT molecular complexity index is 881. The van der Waals surface area contributed by atoms with E-state index in [0.29, 0.717) is 12.3 Å². The van der Waals surface area contributed by atoms with Crippen LogP contribution < -0.4 is 0 Å². The van der Waals surface area contributed by atoms with E-state index in [1.54, 1.807) is 0 Å². The fraction of sp³-hybridized carbons (Fsp3) is 0.862. The van der Waals surface area contributed by atoms with Crippen LogP contribution in [0.2, 0.25) is 0 Å². The van der Waals surface area contributed by atoms with Gasteiger partial charge < -0.3 is 20.4 Å². The van der Waals surface area contributed by atoms with E-state index in [9.17, 15) is 20.4 Å². The van der Waals surface area contributed by atoms with Crippen LogP contribution in [0.3, 0.4) is 0 Å². The van der Waals surface area contributed by atoms with Gasteiger partial charge in [-0.25, -0.2) is 0 Å². The van der Waals surface area contributed by atoms with Gasteiger partial charge in [-0.15, -0.1) is 0 Å². The van der Waals surface area contributed by atoms with E-state index >= 15 is 0 Å². The average Bonchev–Trinajstić information content (AvgIpc) is 3.10. The molecule has 0 bridgehead atoms. The summed E-state index contributed by atoms with van der Waals surface area (Å²) in [5.41, 5.74) is 1.09. The molecule has 0 aromatic rings. The number of allylic oxidation sites excluding steroid dienone is 4. The van der Waals surface area contributed by atoms with Crippen molar-refractivity contribution in [2.24, 2.45) is 44.3 Å². The molecule has 0 heterocycles. The summed E-state index contributed by atoms with van der Waals surface area (Å²) in [6, 6.07) is 0. The maximum atomic E-state index is 10.9. The first kappa shape index (κ1) is 24.0. The van der Waals surface area contributed by atoms with Gasteiger partial charge in [0.25, 0.3) is 0 Å².